The van der Waals surface area contributed by atoms with Crippen LogP contribution in [0.5, 0.6) is 0 Å². The van der Waals surface area contributed by atoms with Gasteiger partial charge in [-0.1, -0.05) is 6.92 Å². The Morgan fingerprint density at radius 1 is 1.45 bits per heavy atom. The molecule has 0 saturated heterocycles. The van der Waals surface area contributed by atoms with E-state index in [-0.39, 0.29) is 5.92 Å². The van der Waals surface area contributed by atoms with Crippen LogP contribution in [0.15, 0.2) is 0 Å². The number of halogens is 4. The van der Waals surface area contributed by atoms with E-state index in [9.17, 15) is 17.6 Å². The van der Waals surface area contributed by atoms with Crippen LogP contribution in [0.1, 0.15) is 13.3 Å². The van der Waals surface area contributed by atoms with Crippen LogP contribution in [0, 0.1) is 17.8 Å². The summed E-state index contributed by atoms with van der Waals surface area (Å²) in [5.41, 5.74) is 0. The Bertz CT molecular complexity index is 140. The molecule has 0 aliphatic heterocycles. The standard InChI is InChI=1S/C7H10F4/c1-4(7(9,10)11)6-2-5(6)3-8/h4-6H,2-3H2,1H3. The first-order chi connectivity index (χ1) is 4.96. The van der Waals surface area contributed by atoms with Crippen LogP contribution in [0.4, 0.5) is 17.6 Å². The van der Waals surface area contributed by atoms with Crippen LogP contribution in [0.3, 0.4) is 0 Å². The molecule has 4 heteroatoms. The predicted molar refractivity (Wildman–Crippen MR) is 32.8 cm³/mol. The summed E-state index contributed by atoms with van der Waals surface area (Å²) in [6.45, 7) is 0.519. The minimum Gasteiger partial charge on any atom is -0.251 e. The fraction of sp³-hybridized carbons (Fsp3) is 1.00. The van der Waals surface area contributed by atoms with E-state index in [1.165, 1.54) is 0 Å². The molecule has 0 N–H and O–H groups in total. The van der Waals surface area contributed by atoms with Crippen LogP contribution in [-0.2, 0) is 0 Å². The Morgan fingerprint density at radius 3 is 2.27 bits per heavy atom. The van der Waals surface area contributed by atoms with Crippen molar-refractivity contribution in [1.29, 1.82) is 0 Å². The van der Waals surface area contributed by atoms with Crippen molar-refractivity contribution in [3.63, 3.8) is 0 Å². The monoisotopic (exact) mass is 170 g/mol. The number of rotatable bonds is 2. The molecule has 0 heterocycles. The molecule has 0 radical (unpaired) electrons. The predicted octanol–water partition coefficient (Wildman–Crippen LogP) is 2.79. The lowest BCUT2D eigenvalue weighted by atomic mass is 10.0. The molecule has 0 amide bonds. The molecular weight excluding hydrogens is 160 g/mol. The fourth-order valence-electron chi connectivity index (χ4n) is 1.30. The summed E-state index contributed by atoms with van der Waals surface area (Å²) in [5.74, 6) is -2.12. The highest BCUT2D eigenvalue weighted by atomic mass is 19.4. The van der Waals surface area contributed by atoms with E-state index in [0.717, 1.165) is 6.92 Å². The molecule has 0 nitrogen and oxygen atoms in total. The van der Waals surface area contributed by atoms with Gasteiger partial charge in [-0.2, -0.15) is 13.2 Å². The zero-order valence-corrected chi connectivity index (χ0v) is 6.16. The Hall–Kier alpha value is -0.280. The van der Waals surface area contributed by atoms with Gasteiger partial charge in [-0.25, -0.2) is 0 Å². The van der Waals surface area contributed by atoms with Gasteiger partial charge in [0.25, 0.3) is 0 Å². The van der Waals surface area contributed by atoms with Gasteiger partial charge in [-0.3, -0.25) is 4.39 Å². The average Bonchev–Trinajstić information content (AvgIpc) is 2.62. The number of hydrogen-bond acceptors (Lipinski definition) is 0. The van der Waals surface area contributed by atoms with Gasteiger partial charge in [-0.15, -0.1) is 0 Å². The van der Waals surface area contributed by atoms with Crippen LogP contribution in [-0.4, -0.2) is 12.9 Å². The molecule has 3 atom stereocenters. The van der Waals surface area contributed by atoms with Crippen LogP contribution >= 0.6 is 0 Å². The van der Waals surface area contributed by atoms with Crippen molar-refractivity contribution >= 4 is 0 Å². The molecule has 1 aliphatic carbocycles. The van der Waals surface area contributed by atoms with Crippen LogP contribution in [0.2, 0.25) is 0 Å². The highest BCUT2D eigenvalue weighted by Gasteiger charge is 2.51. The van der Waals surface area contributed by atoms with Gasteiger partial charge in [0.15, 0.2) is 0 Å². The van der Waals surface area contributed by atoms with Gasteiger partial charge in [0.05, 0.1) is 12.6 Å². The number of hydrogen-bond donors (Lipinski definition) is 0. The smallest absolute Gasteiger partial charge is 0.251 e. The van der Waals surface area contributed by atoms with Crippen molar-refractivity contribution in [3.05, 3.63) is 0 Å². The van der Waals surface area contributed by atoms with Crippen molar-refractivity contribution in [3.8, 4) is 0 Å². The van der Waals surface area contributed by atoms with E-state index in [4.69, 9.17) is 0 Å². The van der Waals surface area contributed by atoms with Crippen LogP contribution in [0.25, 0.3) is 0 Å². The molecular formula is C7H10F4. The largest absolute Gasteiger partial charge is 0.391 e. The summed E-state index contributed by atoms with van der Waals surface area (Å²) in [4.78, 5) is 0. The zero-order valence-electron chi connectivity index (χ0n) is 6.16. The first-order valence-electron chi connectivity index (χ1n) is 3.59. The van der Waals surface area contributed by atoms with Gasteiger partial charge < -0.3 is 0 Å². The van der Waals surface area contributed by atoms with E-state index < -0.39 is 24.7 Å². The lowest BCUT2D eigenvalue weighted by Crippen LogP contribution is -2.22. The van der Waals surface area contributed by atoms with Crippen molar-refractivity contribution in [2.45, 2.75) is 19.5 Å². The van der Waals surface area contributed by atoms with Gasteiger partial charge in [0.1, 0.15) is 0 Å². The summed E-state index contributed by atoms with van der Waals surface area (Å²) in [7, 11) is 0. The first kappa shape index (κ1) is 8.81. The van der Waals surface area contributed by atoms with E-state index in [0.29, 0.717) is 6.42 Å². The van der Waals surface area contributed by atoms with Crippen molar-refractivity contribution < 1.29 is 17.6 Å². The quantitative estimate of drug-likeness (QED) is 0.559. The normalized spacial score (nSPS) is 33.5. The second-order valence-corrected chi connectivity index (χ2v) is 3.14. The minimum atomic E-state index is -4.14. The molecule has 1 aliphatic rings. The average molecular weight is 170 g/mol. The molecule has 1 fully saturated rings. The Kier molecular flexibility index (Phi) is 2.12. The molecule has 66 valence electrons. The van der Waals surface area contributed by atoms with Crippen LogP contribution < -0.4 is 0 Å². The Labute approximate surface area is 62.6 Å². The molecule has 1 rings (SSSR count). The Morgan fingerprint density at radius 2 is 2.00 bits per heavy atom. The summed E-state index contributed by atoms with van der Waals surface area (Å²) >= 11 is 0. The van der Waals surface area contributed by atoms with Gasteiger partial charge in [0.2, 0.25) is 0 Å². The lowest BCUT2D eigenvalue weighted by Gasteiger charge is -2.14. The second kappa shape index (κ2) is 2.64. The topological polar surface area (TPSA) is 0 Å². The lowest BCUT2D eigenvalue weighted by molar-refractivity contribution is -0.176. The zero-order chi connectivity index (χ0) is 8.65. The van der Waals surface area contributed by atoms with Gasteiger partial charge in [-0.05, 0) is 18.3 Å². The third-order valence-electron chi connectivity index (χ3n) is 2.33. The summed E-state index contributed by atoms with van der Waals surface area (Å²) in [6.07, 6.45) is -3.74. The third kappa shape index (κ3) is 1.84. The molecule has 0 bridgehead atoms. The summed E-state index contributed by atoms with van der Waals surface area (Å²) < 4.78 is 47.6. The van der Waals surface area contributed by atoms with Crippen molar-refractivity contribution in [2.75, 3.05) is 6.67 Å². The van der Waals surface area contributed by atoms with Gasteiger partial charge in [0, 0.05) is 0 Å². The first-order valence-corrected chi connectivity index (χ1v) is 3.59. The molecule has 0 aromatic heterocycles. The molecule has 3 unspecified atom stereocenters. The van der Waals surface area contributed by atoms with E-state index >= 15 is 0 Å². The Balaban J connectivity index is 2.39. The van der Waals surface area contributed by atoms with E-state index in [1.807, 2.05) is 0 Å². The third-order valence-corrected chi connectivity index (χ3v) is 2.33. The summed E-state index contributed by atoms with van der Waals surface area (Å²) in [6, 6.07) is 0. The van der Waals surface area contributed by atoms with E-state index in [1.54, 1.807) is 0 Å². The second-order valence-electron chi connectivity index (χ2n) is 3.14. The molecule has 0 aromatic rings. The molecule has 1 saturated carbocycles. The maximum Gasteiger partial charge on any atom is 0.391 e. The molecule has 11 heavy (non-hydrogen) atoms. The maximum atomic E-state index is 11.9. The minimum absolute atomic E-state index is 0.327. The van der Waals surface area contributed by atoms with Crippen molar-refractivity contribution in [2.24, 2.45) is 17.8 Å². The van der Waals surface area contributed by atoms with Crippen molar-refractivity contribution in [1.82, 2.24) is 0 Å². The maximum absolute atomic E-state index is 11.9. The van der Waals surface area contributed by atoms with E-state index in [2.05, 4.69) is 0 Å². The highest BCUT2D eigenvalue weighted by Crippen LogP contribution is 2.49. The van der Waals surface area contributed by atoms with Gasteiger partial charge >= 0.3 is 6.18 Å². The summed E-state index contributed by atoms with van der Waals surface area (Å²) in [5, 5.41) is 0. The number of alkyl halides is 4. The molecule has 0 spiro atoms. The fourth-order valence-corrected chi connectivity index (χ4v) is 1.30. The SMILES string of the molecule is CC(C1CC1CF)C(F)(F)F. The highest BCUT2D eigenvalue weighted by molar-refractivity contribution is 4.91. The molecule has 0 aromatic carbocycles.